The summed E-state index contributed by atoms with van der Waals surface area (Å²) in [6.45, 7) is 7.71. The van der Waals surface area contributed by atoms with E-state index in [1.54, 1.807) is 0 Å². The van der Waals surface area contributed by atoms with Gasteiger partial charge in [0.2, 0.25) is 0 Å². The van der Waals surface area contributed by atoms with Crippen molar-refractivity contribution >= 4 is 49.3 Å². The second-order valence-electron chi connectivity index (χ2n) is 11.7. The standard InChI is InChI=1S/C42H24N6/c1-44-30-21-23-38-34(25-30)32-17-9-11-19-36(32)48(38)42-41(47-35-18-10-8-16-31(35)33-24-27(26-43)20-22-37(33)47)45-39(28-12-4-2-5-13-28)40(46-42)29-14-6-3-7-15-29/h2-25H. The van der Waals surface area contributed by atoms with Crippen LogP contribution in [0.4, 0.5) is 5.69 Å². The molecule has 0 N–H and O–H groups in total. The molecule has 3 aromatic heterocycles. The molecular weight excluding hydrogens is 589 g/mol. The van der Waals surface area contributed by atoms with Crippen molar-refractivity contribution < 1.29 is 0 Å². The lowest BCUT2D eigenvalue weighted by molar-refractivity contribution is 0.975. The fraction of sp³-hybridized carbons (Fsp3) is 0. The van der Waals surface area contributed by atoms with Crippen LogP contribution in [-0.4, -0.2) is 19.1 Å². The highest BCUT2D eigenvalue weighted by molar-refractivity contribution is 6.12. The Morgan fingerprint density at radius 1 is 0.500 bits per heavy atom. The van der Waals surface area contributed by atoms with E-state index in [0.29, 0.717) is 22.9 Å². The topological polar surface area (TPSA) is 63.8 Å². The number of nitriles is 1. The van der Waals surface area contributed by atoms with Gasteiger partial charge in [-0.25, -0.2) is 14.8 Å². The second kappa shape index (κ2) is 10.8. The molecule has 0 fully saturated rings. The zero-order valence-electron chi connectivity index (χ0n) is 25.5. The molecule has 0 saturated heterocycles. The van der Waals surface area contributed by atoms with Crippen LogP contribution in [0.5, 0.6) is 0 Å². The van der Waals surface area contributed by atoms with Crippen LogP contribution < -0.4 is 0 Å². The molecule has 0 spiro atoms. The summed E-state index contributed by atoms with van der Waals surface area (Å²) < 4.78 is 4.34. The lowest BCUT2D eigenvalue weighted by atomic mass is 10.0. The van der Waals surface area contributed by atoms with Crippen LogP contribution in [0.1, 0.15) is 5.56 Å². The van der Waals surface area contributed by atoms with Crippen molar-refractivity contribution in [2.45, 2.75) is 0 Å². The smallest absolute Gasteiger partial charge is 0.188 e. The Kier molecular flexibility index (Phi) is 6.15. The predicted octanol–water partition coefficient (Wildman–Crippen LogP) is 10.4. The normalized spacial score (nSPS) is 11.3. The van der Waals surface area contributed by atoms with Crippen molar-refractivity contribution in [3.8, 4) is 40.2 Å². The first-order valence-corrected chi connectivity index (χ1v) is 15.6. The SMILES string of the molecule is [C-]#[N+]c1ccc2c(c1)c1ccccc1n2-c1nc(-c2ccccc2)c(-c2ccccc2)nc1-n1c2ccccc2c2cc(C#N)ccc21. The van der Waals surface area contributed by atoms with Gasteiger partial charge in [-0.2, -0.15) is 5.26 Å². The van der Waals surface area contributed by atoms with Crippen molar-refractivity contribution in [1.29, 1.82) is 5.26 Å². The minimum atomic E-state index is 0.580. The number of benzene rings is 6. The largest absolute Gasteiger partial charge is 0.291 e. The van der Waals surface area contributed by atoms with Crippen LogP contribution in [0, 0.1) is 17.9 Å². The van der Waals surface area contributed by atoms with Crippen molar-refractivity contribution in [1.82, 2.24) is 19.1 Å². The van der Waals surface area contributed by atoms with Gasteiger partial charge in [0.05, 0.1) is 51.7 Å². The van der Waals surface area contributed by atoms with Gasteiger partial charge in [-0.1, -0.05) is 103 Å². The van der Waals surface area contributed by atoms with E-state index in [1.807, 2.05) is 97.1 Å². The summed E-state index contributed by atoms with van der Waals surface area (Å²) in [5.74, 6) is 1.31. The molecule has 0 aliphatic carbocycles. The molecule has 0 amide bonds. The summed E-state index contributed by atoms with van der Waals surface area (Å²) in [6.07, 6.45) is 0. The molecule has 9 aromatic rings. The average Bonchev–Trinajstić information content (AvgIpc) is 3.67. The highest BCUT2D eigenvalue weighted by atomic mass is 15.2. The van der Waals surface area contributed by atoms with Crippen LogP contribution in [0.2, 0.25) is 0 Å². The van der Waals surface area contributed by atoms with Crippen molar-refractivity contribution in [3.63, 3.8) is 0 Å². The molecule has 9 rings (SSSR count). The van der Waals surface area contributed by atoms with Gasteiger partial charge in [0.1, 0.15) is 0 Å². The molecule has 0 saturated carbocycles. The van der Waals surface area contributed by atoms with Gasteiger partial charge < -0.3 is 0 Å². The van der Waals surface area contributed by atoms with Crippen LogP contribution in [0.25, 0.3) is 82.6 Å². The molecular formula is C42H24N6. The van der Waals surface area contributed by atoms with Crippen LogP contribution in [0.15, 0.2) is 146 Å². The first-order valence-electron chi connectivity index (χ1n) is 15.6. The molecule has 222 valence electrons. The Morgan fingerprint density at radius 2 is 0.958 bits per heavy atom. The van der Waals surface area contributed by atoms with Crippen LogP contribution in [0.3, 0.4) is 0 Å². The zero-order chi connectivity index (χ0) is 32.2. The quantitative estimate of drug-likeness (QED) is 0.186. The van der Waals surface area contributed by atoms with Gasteiger partial charge in [0.15, 0.2) is 17.3 Å². The third-order valence-corrected chi connectivity index (χ3v) is 8.96. The molecule has 3 heterocycles. The summed E-state index contributed by atoms with van der Waals surface area (Å²) in [6, 6.07) is 50.8. The third-order valence-electron chi connectivity index (χ3n) is 8.96. The Hall–Kier alpha value is -7.02. The van der Waals surface area contributed by atoms with Gasteiger partial charge >= 0.3 is 0 Å². The van der Waals surface area contributed by atoms with Crippen LogP contribution in [-0.2, 0) is 0 Å². The van der Waals surface area contributed by atoms with Gasteiger partial charge in [-0.3, -0.25) is 9.13 Å². The molecule has 48 heavy (non-hydrogen) atoms. The number of rotatable bonds is 4. The number of nitrogens with zero attached hydrogens (tertiary/aromatic N) is 6. The third kappa shape index (κ3) is 4.11. The van der Waals surface area contributed by atoms with E-state index in [4.69, 9.17) is 16.5 Å². The number of para-hydroxylation sites is 2. The number of hydrogen-bond donors (Lipinski definition) is 0. The molecule has 6 aromatic carbocycles. The number of hydrogen-bond acceptors (Lipinski definition) is 3. The Balaban J connectivity index is 1.50. The minimum Gasteiger partial charge on any atom is -0.291 e. The Bertz CT molecular complexity index is 2600. The maximum absolute atomic E-state index is 9.80. The van der Waals surface area contributed by atoms with Gasteiger partial charge in [0, 0.05) is 27.3 Å². The average molecular weight is 613 g/mol. The van der Waals surface area contributed by atoms with Crippen molar-refractivity contribution in [3.05, 3.63) is 163 Å². The first kappa shape index (κ1) is 27.3. The zero-order valence-corrected chi connectivity index (χ0v) is 25.5. The van der Waals surface area contributed by atoms with Crippen molar-refractivity contribution in [2.24, 2.45) is 0 Å². The lowest BCUT2D eigenvalue weighted by Gasteiger charge is -2.19. The van der Waals surface area contributed by atoms with E-state index in [9.17, 15) is 5.26 Å². The summed E-state index contributed by atoms with van der Waals surface area (Å²) in [5, 5.41) is 13.8. The molecule has 6 heteroatoms. The Labute approximate surface area is 275 Å². The molecule has 0 aliphatic rings. The maximum Gasteiger partial charge on any atom is 0.188 e. The van der Waals surface area contributed by atoms with E-state index in [0.717, 1.165) is 66.1 Å². The van der Waals surface area contributed by atoms with E-state index in [1.165, 1.54) is 0 Å². The molecule has 6 nitrogen and oxygen atoms in total. The van der Waals surface area contributed by atoms with Gasteiger partial charge in [-0.05, 0) is 47.9 Å². The van der Waals surface area contributed by atoms with E-state index in [-0.39, 0.29) is 0 Å². The van der Waals surface area contributed by atoms with E-state index < -0.39 is 0 Å². The fourth-order valence-corrected chi connectivity index (χ4v) is 6.84. The fourth-order valence-electron chi connectivity index (χ4n) is 6.84. The lowest BCUT2D eigenvalue weighted by Crippen LogP contribution is -2.11. The van der Waals surface area contributed by atoms with E-state index >= 15 is 0 Å². The second-order valence-corrected chi connectivity index (χ2v) is 11.7. The van der Waals surface area contributed by atoms with Gasteiger partial charge in [0.25, 0.3) is 0 Å². The molecule has 0 bridgehead atoms. The molecule has 0 atom stereocenters. The molecule has 0 aliphatic heterocycles. The summed E-state index contributed by atoms with van der Waals surface area (Å²) in [4.78, 5) is 14.9. The maximum atomic E-state index is 9.80. The summed E-state index contributed by atoms with van der Waals surface area (Å²) >= 11 is 0. The summed E-state index contributed by atoms with van der Waals surface area (Å²) in [5.41, 5.74) is 8.38. The number of fused-ring (bicyclic) bond motifs is 6. The van der Waals surface area contributed by atoms with Crippen molar-refractivity contribution in [2.75, 3.05) is 0 Å². The minimum absolute atomic E-state index is 0.580. The molecule has 0 radical (unpaired) electrons. The molecule has 0 unspecified atom stereocenters. The first-order chi connectivity index (χ1) is 23.7. The monoisotopic (exact) mass is 612 g/mol. The highest BCUT2D eigenvalue weighted by Crippen LogP contribution is 2.40. The summed E-state index contributed by atoms with van der Waals surface area (Å²) in [7, 11) is 0. The van der Waals surface area contributed by atoms with Gasteiger partial charge in [-0.15, -0.1) is 0 Å². The van der Waals surface area contributed by atoms with E-state index in [2.05, 4.69) is 68.6 Å². The predicted molar refractivity (Wildman–Crippen MR) is 193 cm³/mol. The van der Waals surface area contributed by atoms with Crippen LogP contribution >= 0.6 is 0 Å². The Morgan fingerprint density at radius 3 is 1.48 bits per heavy atom. The number of aromatic nitrogens is 4. The highest BCUT2D eigenvalue weighted by Gasteiger charge is 2.25.